The molecule has 0 aliphatic rings. The summed E-state index contributed by atoms with van der Waals surface area (Å²) in [4.78, 5) is 35.3. The molecule has 25 heavy (non-hydrogen) atoms. The highest BCUT2D eigenvalue weighted by atomic mass is 79.9. The molecule has 1 amide bonds. The van der Waals surface area contributed by atoms with Crippen LogP contribution in [0.3, 0.4) is 0 Å². The predicted octanol–water partition coefficient (Wildman–Crippen LogP) is 2.77. The molecular weight excluding hydrogens is 390 g/mol. The minimum absolute atomic E-state index is 0.0472. The van der Waals surface area contributed by atoms with Crippen LogP contribution in [0.2, 0.25) is 0 Å². The van der Waals surface area contributed by atoms with Gasteiger partial charge in [0.05, 0.1) is 6.42 Å². The van der Waals surface area contributed by atoms with Crippen LogP contribution in [0.5, 0.6) is 0 Å². The summed E-state index contributed by atoms with van der Waals surface area (Å²) in [6.07, 6.45) is -0.456. The number of rotatable bonds is 7. The molecule has 2 aromatic carbocycles. The Hall–Kier alpha value is -2.67. The van der Waals surface area contributed by atoms with Gasteiger partial charge in [-0.3, -0.25) is 9.59 Å². The highest BCUT2D eigenvalue weighted by molar-refractivity contribution is 9.10. The number of carboxylic acid groups (broad SMARTS) is 1. The van der Waals surface area contributed by atoms with E-state index in [9.17, 15) is 19.5 Å². The van der Waals surface area contributed by atoms with E-state index in [2.05, 4.69) is 21.2 Å². The number of esters is 1. The molecule has 6 nitrogen and oxygen atoms in total. The Morgan fingerprint density at radius 3 is 2.44 bits per heavy atom. The molecule has 0 fully saturated rings. The van der Waals surface area contributed by atoms with Gasteiger partial charge in [0.1, 0.15) is 12.6 Å². The number of amides is 1. The van der Waals surface area contributed by atoms with E-state index in [0.29, 0.717) is 10.0 Å². The zero-order valence-corrected chi connectivity index (χ0v) is 14.7. The third-order valence-corrected chi connectivity index (χ3v) is 3.80. The molecule has 0 bridgehead atoms. The molecule has 0 spiro atoms. The third kappa shape index (κ3) is 6.04. The van der Waals surface area contributed by atoms with Crippen molar-refractivity contribution in [1.29, 1.82) is 0 Å². The molecule has 0 aliphatic heterocycles. The van der Waals surface area contributed by atoms with Crippen LogP contribution in [0.15, 0.2) is 59.1 Å². The molecule has 2 aromatic rings. The van der Waals surface area contributed by atoms with Gasteiger partial charge < -0.3 is 15.2 Å². The molecule has 0 heterocycles. The fourth-order valence-corrected chi connectivity index (χ4v) is 2.43. The van der Waals surface area contributed by atoms with Gasteiger partial charge in [0.2, 0.25) is 0 Å². The summed E-state index contributed by atoms with van der Waals surface area (Å²) in [5, 5.41) is 11.6. The standard InChI is InChI=1S/C18H16BrNO5/c19-14-8-4-7-13(9-14)17(22)20-15(18(23)24)10-16(21)25-11-12-5-2-1-3-6-12/h1-9,15H,10-11H2,(H,20,22)(H,23,24)/t15-/m1/s1. The number of carbonyl (C=O) groups is 3. The Morgan fingerprint density at radius 1 is 1.08 bits per heavy atom. The first-order chi connectivity index (χ1) is 12.0. The molecule has 2 rings (SSSR count). The van der Waals surface area contributed by atoms with Gasteiger partial charge in [-0.25, -0.2) is 4.79 Å². The van der Waals surface area contributed by atoms with Gasteiger partial charge in [-0.15, -0.1) is 0 Å². The van der Waals surface area contributed by atoms with Crippen LogP contribution >= 0.6 is 15.9 Å². The third-order valence-electron chi connectivity index (χ3n) is 3.30. The number of hydrogen-bond acceptors (Lipinski definition) is 4. The molecule has 2 N–H and O–H groups in total. The average molecular weight is 406 g/mol. The Morgan fingerprint density at radius 2 is 1.80 bits per heavy atom. The first-order valence-corrected chi connectivity index (χ1v) is 8.24. The Labute approximate surface area is 152 Å². The fraction of sp³-hybridized carbons (Fsp3) is 0.167. The molecule has 0 aromatic heterocycles. The maximum absolute atomic E-state index is 12.1. The second-order valence-electron chi connectivity index (χ2n) is 5.23. The summed E-state index contributed by atoms with van der Waals surface area (Å²) in [5.74, 6) is -2.59. The molecule has 1 atom stereocenters. The minimum Gasteiger partial charge on any atom is -0.480 e. The topological polar surface area (TPSA) is 92.7 Å². The second-order valence-corrected chi connectivity index (χ2v) is 6.14. The number of carbonyl (C=O) groups excluding carboxylic acids is 2. The van der Waals surface area contributed by atoms with Crippen LogP contribution in [0, 0.1) is 0 Å². The second kappa shape index (κ2) is 8.98. The van der Waals surface area contributed by atoms with Gasteiger partial charge in [-0.05, 0) is 23.8 Å². The number of ether oxygens (including phenoxy) is 1. The first kappa shape index (κ1) is 18.7. The number of benzene rings is 2. The predicted molar refractivity (Wildman–Crippen MR) is 93.9 cm³/mol. The summed E-state index contributed by atoms with van der Waals surface area (Å²) in [7, 11) is 0. The van der Waals surface area contributed by atoms with Crippen molar-refractivity contribution < 1.29 is 24.2 Å². The Bertz CT molecular complexity index is 763. The van der Waals surface area contributed by atoms with Crippen molar-refractivity contribution >= 4 is 33.8 Å². The lowest BCUT2D eigenvalue weighted by atomic mass is 10.1. The molecule has 0 unspecified atom stereocenters. The maximum Gasteiger partial charge on any atom is 0.326 e. The molecule has 0 saturated heterocycles. The lowest BCUT2D eigenvalue weighted by molar-refractivity contribution is -0.150. The molecule has 7 heteroatoms. The molecule has 0 radical (unpaired) electrons. The van der Waals surface area contributed by atoms with Crippen molar-refractivity contribution in [3.63, 3.8) is 0 Å². The smallest absolute Gasteiger partial charge is 0.326 e. The summed E-state index contributed by atoms with van der Waals surface area (Å²) in [6, 6.07) is 14.2. The average Bonchev–Trinajstić information content (AvgIpc) is 2.60. The number of carboxylic acids is 1. The first-order valence-electron chi connectivity index (χ1n) is 7.44. The van der Waals surface area contributed by atoms with Crippen molar-refractivity contribution in [1.82, 2.24) is 5.32 Å². The fourth-order valence-electron chi connectivity index (χ4n) is 2.04. The van der Waals surface area contributed by atoms with Crippen LogP contribution in [0.25, 0.3) is 0 Å². The summed E-state index contributed by atoms with van der Waals surface area (Å²) in [6.45, 7) is 0.0472. The quantitative estimate of drug-likeness (QED) is 0.690. The maximum atomic E-state index is 12.1. The lowest BCUT2D eigenvalue weighted by Gasteiger charge is -2.14. The van der Waals surface area contributed by atoms with Crippen molar-refractivity contribution in [2.45, 2.75) is 19.1 Å². The van der Waals surface area contributed by atoms with Crippen molar-refractivity contribution in [3.8, 4) is 0 Å². The van der Waals surface area contributed by atoms with Crippen LogP contribution in [-0.2, 0) is 20.9 Å². The monoisotopic (exact) mass is 405 g/mol. The van der Waals surface area contributed by atoms with Gasteiger partial charge in [0, 0.05) is 10.0 Å². The van der Waals surface area contributed by atoms with E-state index in [1.165, 1.54) is 0 Å². The van der Waals surface area contributed by atoms with Crippen molar-refractivity contribution in [2.75, 3.05) is 0 Å². The highest BCUT2D eigenvalue weighted by Gasteiger charge is 2.24. The van der Waals surface area contributed by atoms with E-state index in [1.54, 1.807) is 48.5 Å². The van der Waals surface area contributed by atoms with Gasteiger partial charge in [-0.2, -0.15) is 0 Å². The van der Waals surface area contributed by atoms with Crippen LogP contribution in [0.1, 0.15) is 22.3 Å². The molecular formula is C18H16BrNO5. The summed E-state index contributed by atoms with van der Waals surface area (Å²) in [5.41, 5.74) is 1.08. The van der Waals surface area contributed by atoms with E-state index >= 15 is 0 Å². The SMILES string of the molecule is O=C(C[C@@H](NC(=O)c1cccc(Br)c1)C(=O)O)OCc1ccccc1. The van der Waals surface area contributed by atoms with Crippen LogP contribution < -0.4 is 5.32 Å². The van der Waals surface area contributed by atoms with E-state index < -0.39 is 30.3 Å². The number of nitrogens with one attached hydrogen (secondary N) is 1. The number of halogens is 1. The summed E-state index contributed by atoms with van der Waals surface area (Å²) >= 11 is 3.24. The van der Waals surface area contributed by atoms with Crippen LogP contribution in [0.4, 0.5) is 0 Å². The minimum atomic E-state index is -1.37. The van der Waals surface area contributed by atoms with E-state index in [1.807, 2.05) is 6.07 Å². The van der Waals surface area contributed by atoms with Crippen LogP contribution in [-0.4, -0.2) is 29.0 Å². The highest BCUT2D eigenvalue weighted by Crippen LogP contribution is 2.12. The van der Waals surface area contributed by atoms with E-state index in [-0.39, 0.29) is 6.61 Å². The normalized spacial score (nSPS) is 11.4. The van der Waals surface area contributed by atoms with Gasteiger partial charge in [-0.1, -0.05) is 52.3 Å². The Kier molecular flexibility index (Phi) is 6.71. The Balaban J connectivity index is 1.92. The van der Waals surface area contributed by atoms with E-state index in [4.69, 9.17) is 4.74 Å². The van der Waals surface area contributed by atoms with Gasteiger partial charge >= 0.3 is 11.9 Å². The lowest BCUT2D eigenvalue weighted by Crippen LogP contribution is -2.42. The zero-order chi connectivity index (χ0) is 18.2. The number of hydrogen-bond donors (Lipinski definition) is 2. The van der Waals surface area contributed by atoms with Crippen molar-refractivity contribution in [2.24, 2.45) is 0 Å². The van der Waals surface area contributed by atoms with Gasteiger partial charge in [0.15, 0.2) is 0 Å². The zero-order valence-electron chi connectivity index (χ0n) is 13.1. The number of aliphatic carboxylic acids is 1. The largest absolute Gasteiger partial charge is 0.480 e. The molecule has 0 aliphatic carbocycles. The van der Waals surface area contributed by atoms with Crippen molar-refractivity contribution in [3.05, 3.63) is 70.2 Å². The summed E-state index contributed by atoms with van der Waals surface area (Å²) < 4.78 is 5.74. The molecule has 130 valence electrons. The van der Waals surface area contributed by atoms with E-state index in [0.717, 1.165) is 5.56 Å². The van der Waals surface area contributed by atoms with Gasteiger partial charge in [0.25, 0.3) is 5.91 Å². The molecule has 0 saturated carbocycles.